The number of fused-ring (bicyclic) bond motifs is 7. The van der Waals surface area contributed by atoms with E-state index in [0.717, 1.165) is 68.5 Å². The van der Waals surface area contributed by atoms with Crippen LogP contribution in [0.15, 0.2) is 170 Å². The van der Waals surface area contributed by atoms with Gasteiger partial charge in [-0.2, -0.15) is 0 Å². The smallest absolute Gasteiger partial charge is 0.229 e. The van der Waals surface area contributed by atoms with Gasteiger partial charge in [-0.25, -0.2) is 4.98 Å². The second-order valence-electron chi connectivity index (χ2n) is 15.1. The Labute approximate surface area is 330 Å². The molecule has 272 valence electrons. The van der Waals surface area contributed by atoms with E-state index >= 15 is 0 Å². The van der Waals surface area contributed by atoms with Gasteiger partial charge in [-0.15, -0.1) is 0 Å². The van der Waals surface area contributed by atoms with Crippen LogP contribution in [0.1, 0.15) is 30.1 Å². The zero-order valence-electron chi connectivity index (χ0n) is 31.8. The summed E-state index contributed by atoms with van der Waals surface area (Å²) in [6.45, 7) is 3.78. The monoisotopic (exact) mass is 734 g/mol. The molecule has 0 bridgehead atoms. The molecule has 7 aromatic carbocycles. The van der Waals surface area contributed by atoms with Gasteiger partial charge >= 0.3 is 0 Å². The topological polar surface area (TPSA) is 44.8 Å². The van der Waals surface area contributed by atoms with Crippen LogP contribution < -0.4 is 0 Å². The van der Waals surface area contributed by atoms with E-state index in [2.05, 4.69) is 162 Å². The number of aromatic nitrogens is 4. The first kappa shape index (κ1) is 33.1. The molecule has 5 heteroatoms. The van der Waals surface area contributed by atoms with E-state index in [-0.39, 0.29) is 5.91 Å². The Kier molecular flexibility index (Phi) is 7.51. The normalized spacial score (nSPS) is 13.1. The second-order valence-corrected chi connectivity index (χ2v) is 15.1. The van der Waals surface area contributed by atoms with Crippen LogP contribution in [0.4, 0.5) is 0 Å². The van der Waals surface area contributed by atoms with Gasteiger partial charge in [0.05, 0.1) is 33.1 Å². The predicted molar refractivity (Wildman–Crippen MR) is 237 cm³/mol. The molecule has 57 heavy (non-hydrogen) atoms. The Balaban J connectivity index is 1.18. The van der Waals surface area contributed by atoms with Crippen LogP contribution in [0.2, 0.25) is 0 Å². The summed E-state index contributed by atoms with van der Waals surface area (Å²) >= 11 is 0. The van der Waals surface area contributed by atoms with E-state index in [1.165, 1.54) is 43.8 Å². The number of rotatable bonds is 5. The van der Waals surface area contributed by atoms with E-state index in [1.54, 1.807) is 11.5 Å². The molecule has 0 aliphatic heterocycles. The molecule has 11 rings (SSSR count). The zero-order valence-corrected chi connectivity index (χ0v) is 31.8. The van der Waals surface area contributed by atoms with Crippen LogP contribution in [0, 0.1) is 6.92 Å². The summed E-state index contributed by atoms with van der Waals surface area (Å²) in [5, 5.41) is 4.82. The molecule has 3 aromatic heterocycles. The Morgan fingerprint density at radius 1 is 0.544 bits per heavy atom. The maximum absolute atomic E-state index is 13.4. The van der Waals surface area contributed by atoms with Gasteiger partial charge in [0.2, 0.25) is 5.91 Å². The fraction of sp³-hybridized carbons (Fsp3) is 0.0769. The van der Waals surface area contributed by atoms with Gasteiger partial charge in [0.15, 0.2) is 0 Å². The van der Waals surface area contributed by atoms with Crippen LogP contribution in [0.3, 0.4) is 0 Å². The van der Waals surface area contributed by atoms with Crippen LogP contribution in [0.5, 0.6) is 0 Å². The lowest BCUT2D eigenvalue weighted by Gasteiger charge is -2.17. The minimum absolute atomic E-state index is 0.0690. The summed E-state index contributed by atoms with van der Waals surface area (Å²) in [6.07, 6.45) is 8.97. The molecular weight excluding hydrogens is 697 g/mol. The van der Waals surface area contributed by atoms with E-state index < -0.39 is 0 Å². The summed E-state index contributed by atoms with van der Waals surface area (Å²) in [5.41, 5.74) is 15.0. The van der Waals surface area contributed by atoms with Crippen molar-refractivity contribution in [2.24, 2.45) is 0 Å². The maximum Gasteiger partial charge on any atom is 0.229 e. The summed E-state index contributed by atoms with van der Waals surface area (Å²) < 4.78 is 6.51. The molecule has 1 aliphatic rings. The maximum atomic E-state index is 13.4. The van der Waals surface area contributed by atoms with Crippen LogP contribution in [-0.4, -0.2) is 24.6 Å². The number of para-hydroxylation sites is 5. The molecule has 0 saturated heterocycles. The van der Waals surface area contributed by atoms with Crippen molar-refractivity contribution in [2.45, 2.75) is 26.7 Å². The van der Waals surface area contributed by atoms with Crippen molar-refractivity contribution in [1.29, 1.82) is 0 Å². The van der Waals surface area contributed by atoms with E-state index in [4.69, 9.17) is 4.98 Å². The van der Waals surface area contributed by atoms with Gasteiger partial charge < -0.3 is 9.13 Å². The minimum Gasteiger partial charge on any atom is -0.310 e. The number of allylic oxidation sites excluding steroid dienone is 4. The van der Waals surface area contributed by atoms with Crippen molar-refractivity contribution in [3.8, 4) is 39.3 Å². The number of hydrogen-bond acceptors (Lipinski definition) is 2. The number of benzene rings is 7. The SMILES string of the molecule is CC(=O)n1c(-c2cc(-c3ccc4c(c3)c3ccccc3n4C3=CCCC=C3)cc(-c3ccc4c(c3)c3ccccc3n4-c3ccccc3)c2C)nc2ccccc21. The summed E-state index contributed by atoms with van der Waals surface area (Å²) in [4.78, 5) is 18.6. The standard InChI is InChI=1S/C52H38N4O/c1-33-42(36-26-28-50-45(30-36)41-20-10-13-23-48(41)56(50)39-17-7-4-8-18-39)31-37(32-43(33)52-53-46-21-11-14-24-51(46)54(52)34(2)57)35-25-27-49-44(29-35)40-19-9-12-22-47(40)55(49)38-15-5-3-6-16-38/h4-5,7-32H,3,6H2,1-2H3. The van der Waals surface area contributed by atoms with E-state index in [1.807, 2.05) is 24.3 Å². The van der Waals surface area contributed by atoms with Crippen molar-refractivity contribution in [2.75, 3.05) is 0 Å². The first-order valence-corrected chi connectivity index (χ1v) is 19.7. The van der Waals surface area contributed by atoms with Crippen molar-refractivity contribution in [1.82, 2.24) is 18.7 Å². The number of imidazole rings is 1. The minimum atomic E-state index is -0.0690. The van der Waals surface area contributed by atoms with Crippen LogP contribution in [-0.2, 0) is 0 Å². The van der Waals surface area contributed by atoms with Gasteiger partial charge in [-0.1, -0.05) is 91.0 Å². The van der Waals surface area contributed by atoms with Crippen molar-refractivity contribution < 1.29 is 4.79 Å². The third kappa shape index (κ3) is 5.16. The molecule has 0 spiro atoms. The Morgan fingerprint density at radius 3 is 1.86 bits per heavy atom. The van der Waals surface area contributed by atoms with E-state index in [0.29, 0.717) is 5.82 Å². The molecule has 0 atom stereocenters. The lowest BCUT2D eigenvalue weighted by Crippen LogP contribution is -2.08. The molecule has 10 aromatic rings. The van der Waals surface area contributed by atoms with E-state index in [9.17, 15) is 4.79 Å². The zero-order chi connectivity index (χ0) is 38.2. The van der Waals surface area contributed by atoms with Gasteiger partial charge in [0.1, 0.15) is 5.82 Å². The molecule has 1 aliphatic carbocycles. The fourth-order valence-corrected chi connectivity index (χ4v) is 9.13. The molecule has 0 radical (unpaired) electrons. The Bertz CT molecular complexity index is 3330. The highest BCUT2D eigenvalue weighted by Crippen LogP contribution is 2.42. The predicted octanol–water partition coefficient (Wildman–Crippen LogP) is 13.4. The molecule has 0 amide bonds. The highest BCUT2D eigenvalue weighted by atomic mass is 16.1. The quantitative estimate of drug-likeness (QED) is 0.177. The first-order chi connectivity index (χ1) is 28.0. The Morgan fingerprint density at radius 2 is 1.14 bits per heavy atom. The van der Waals surface area contributed by atoms with Gasteiger partial charge in [0, 0.05) is 45.4 Å². The summed E-state index contributed by atoms with van der Waals surface area (Å²) in [5.74, 6) is 0.584. The molecule has 0 N–H and O–H groups in total. The molecule has 5 nitrogen and oxygen atoms in total. The third-order valence-electron chi connectivity index (χ3n) is 11.8. The van der Waals surface area contributed by atoms with Crippen LogP contribution in [0.25, 0.3) is 99.7 Å². The van der Waals surface area contributed by atoms with Gasteiger partial charge in [0.25, 0.3) is 0 Å². The average Bonchev–Trinajstić information content (AvgIpc) is 3.92. The van der Waals surface area contributed by atoms with Gasteiger partial charge in [-0.3, -0.25) is 9.36 Å². The summed E-state index contributed by atoms with van der Waals surface area (Å²) in [7, 11) is 0. The number of nitrogens with zero attached hydrogens (tertiary/aromatic N) is 4. The number of carbonyl (C=O) groups excluding carboxylic acids is 1. The first-order valence-electron chi connectivity index (χ1n) is 19.7. The van der Waals surface area contributed by atoms with Crippen LogP contribution >= 0.6 is 0 Å². The van der Waals surface area contributed by atoms with Crippen molar-refractivity contribution in [3.63, 3.8) is 0 Å². The molecule has 0 saturated carbocycles. The fourth-order valence-electron chi connectivity index (χ4n) is 9.13. The Hall–Kier alpha value is -7.24. The summed E-state index contributed by atoms with van der Waals surface area (Å²) in [6, 6.07) is 54.1. The highest BCUT2D eigenvalue weighted by molar-refractivity contribution is 6.13. The molecule has 0 fully saturated rings. The molecule has 3 heterocycles. The third-order valence-corrected chi connectivity index (χ3v) is 11.8. The number of hydrogen-bond donors (Lipinski definition) is 0. The molecular formula is C52H38N4O. The average molecular weight is 735 g/mol. The molecule has 0 unspecified atom stereocenters. The highest BCUT2D eigenvalue weighted by Gasteiger charge is 2.22. The second kappa shape index (κ2) is 12.9. The van der Waals surface area contributed by atoms with Gasteiger partial charge in [-0.05, 0) is 126 Å². The van der Waals surface area contributed by atoms with Crippen molar-refractivity contribution >= 4 is 66.2 Å². The lowest BCUT2D eigenvalue weighted by molar-refractivity contribution is 0.0943. The van der Waals surface area contributed by atoms with Crippen molar-refractivity contribution in [3.05, 3.63) is 175 Å². The lowest BCUT2D eigenvalue weighted by atomic mass is 9.90. The number of carbonyl (C=O) groups is 1. The largest absolute Gasteiger partial charge is 0.310 e.